The molecule has 1 atom stereocenters. The molecule has 9 heteroatoms. The Bertz CT molecular complexity index is 753. The van der Waals surface area contributed by atoms with Crippen LogP contribution in [0.25, 0.3) is 0 Å². The summed E-state index contributed by atoms with van der Waals surface area (Å²) in [6.45, 7) is 4.11. The maximum absolute atomic E-state index is 12.8. The van der Waals surface area contributed by atoms with Gasteiger partial charge < -0.3 is 9.47 Å². The number of hydrogen-bond donors (Lipinski definition) is 0. The zero-order valence-electron chi connectivity index (χ0n) is 14.2. The van der Waals surface area contributed by atoms with Crippen LogP contribution in [0.2, 0.25) is 0 Å². The van der Waals surface area contributed by atoms with Crippen LogP contribution in [0.5, 0.6) is 5.75 Å². The summed E-state index contributed by atoms with van der Waals surface area (Å²) in [5, 5.41) is 8.50. The Hall–Kier alpha value is -1.84. The number of hydrogen-bond acceptors (Lipinski definition) is 7. The Labute approximate surface area is 147 Å². The molecule has 24 heavy (non-hydrogen) atoms. The van der Waals surface area contributed by atoms with Crippen LogP contribution in [0.15, 0.2) is 17.0 Å². The van der Waals surface area contributed by atoms with Crippen molar-refractivity contribution in [3.05, 3.63) is 33.3 Å². The van der Waals surface area contributed by atoms with Crippen LogP contribution >= 0.6 is 11.3 Å². The van der Waals surface area contributed by atoms with Gasteiger partial charge in [-0.05, 0) is 37.1 Å². The minimum atomic E-state index is -1.36. The van der Waals surface area contributed by atoms with Gasteiger partial charge in [0, 0.05) is 7.05 Å². The van der Waals surface area contributed by atoms with E-state index in [1.54, 1.807) is 18.5 Å². The Balaban J connectivity index is 2.18. The van der Waals surface area contributed by atoms with Crippen LogP contribution in [-0.2, 0) is 22.3 Å². The third kappa shape index (κ3) is 3.97. The lowest BCUT2D eigenvalue weighted by Crippen LogP contribution is -2.22. The highest BCUT2D eigenvalue weighted by atomic mass is 32.2. The molecule has 1 heterocycles. The number of aromatic nitrogens is 2. The lowest BCUT2D eigenvalue weighted by atomic mass is 10.1. The van der Waals surface area contributed by atoms with Gasteiger partial charge in [0.05, 0.1) is 25.7 Å². The number of aryl methyl sites for hydroxylation is 2. The molecule has 0 spiro atoms. The number of benzene rings is 1. The average molecular weight is 369 g/mol. The molecule has 0 N–H and O–H groups in total. The van der Waals surface area contributed by atoms with Crippen LogP contribution in [0, 0.1) is 13.8 Å². The SMILES string of the molecule is COC(=O)c1nnc(CN(C)S(=O)c2c(C)cc(OC)cc2C)s1. The van der Waals surface area contributed by atoms with Gasteiger partial charge in [-0.2, -0.15) is 0 Å². The van der Waals surface area contributed by atoms with Crippen LogP contribution in [0.4, 0.5) is 0 Å². The third-order valence-corrected chi connectivity index (χ3v) is 5.89. The van der Waals surface area contributed by atoms with Gasteiger partial charge in [-0.1, -0.05) is 11.3 Å². The first kappa shape index (κ1) is 18.5. The molecular formula is C15H19N3O4S2. The Morgan fingerprint density at radius 3 is 2.42 bits per heavy atom. The highest BCUT2D eigenvalue weighted by Crippen LogP contribution is 2.26. The molecular weight excluding hydrogens is 350 g/mol. The van der Waals surface area contributed by atoms with Crippen molar-refractivity contribution in [1.29, 1.82) is 0 Å². The van der Waals surface area contributed by atoms with Crippen molar-refractivity contribution in [3.8, 4) is 5.75 Å². The van der Waals surface area contributed by atoms with Crippen LogP contribution in [0.1, 0.15) is 25.9 Å². The van der Waals surface area contributed by atoms with Gasteiger partial charge in [0.15, 0.2) is 0 Å². The van der Waals surface area contributed by atoms with E-state index in [0.29, 0.717) is 11.6 Å². The third-order valence-electron chi connectivity index (χ3n) is 3.31. The largest absolute Gasteiger partial charge is 0.497 e. The molecule has 0 saturated carbocycles. The summed E-state index contributed by atoms with van der Waals surface area (Å²) >= 11 is 1.13. The minimum absolute atomic E-state index is 0.184. The monoisotopic (exact) mass is 369 g/mol. The molecule has 0 saturated heterocycles. The molecule has 1 unspecified atom stereocenters. The second kappa shape index (κ2) is 7.82. The smallest absolute Gasteiger partial charge is 0.369 e. The molecule has 2 rings (SSSR count). The van der Waals surface area contributed by atoms with Crippen molar-refractivity contribution in [3.63, 3.8) is 0 Å². The van der Waals surface area contributed by atoms with Gasteiger partial charge in [0.25, 0.3) is 0 Å². The first-order chi connectivity index (χ1) is 11.4. The fraction of sp³-hybridized carbons (Fsp3) is 0.400. The highest BCUT2D eigenvalue weighted by Gasteiger charge is 2.20. The molecule has 0 aliphatic rings. The standard InChI is InChI=1S/C15H19N3O4S2/c1-9-6-11(21-4)7-10(2)13(9)24(20)18(3)8-12-16-17-14(23-12)15(19)22-5/h6-7H,8H2,1-5H3. The topological polar surface area (TPSA) is 81.6 Å². The Morgan fingerprint density at radius 2 is 1.88 bits per heavy atom. The number of ether oxygens (including phenoxy) is 2. The molecule has 130 valence electrons. The minimum Gasteiger partial charge on any atom is -0.497 e. The van der Waals surface area contributed by atoms with Gasteiger partial charge in [-0.3, -0.25) is 0 Å². The van der Waals surface area contributed by atoms with E-state index in [0.717, 1.165) is 33.1 Å². The van der Waals surface area contributed by atoms with Crippen LogP contribution in [0.3, 0.4) is 0 Å². The zero-order valence-corrected chi connectivity index (χ0v) is 15.8. The summed E-state index contributed by atoms with van der Waals surface area (Å²) in [5.41, 5.74) is 1.79. The Kier molecular flexibility index (Phi) is 6.03. The lowest BCUT2D eigenvalue weighted by molar-refractivity contribution is 0.0599. The van der Waals surface area contributed by atoms with Gasteiger partial charge in [0.1, 0.15) is 21.7 Å². The second-order valence-electron chi connectivity index (χ2n) is 5.12. The first-order valence-electron chi connectivity index (χ1n) is 7.06. The molecule has 1 aromatic carbocycles. The maximum atomic E-state index is 12.8. The summed E-state index contributed by atoms with van der Waals surface area (Å²) in [4.78, 5) is 12.2. The van der Waals surface area contributed by atoms with Crippen molar-refractivity contribution < 1.29 is 18.5 Å². The molecule has 7 nitrogen and oxygen atoms in total. The van der Waals surface area contributed by atoms with Crippen molar-refractivity contribution in [2.24, 2.45) is 0 Å². The van der Waals surface area contributed by atoms with E-state index in [9.17, 15) is 9.00 Å². The van der Waals surface area contributed by atoms with Crippen LogP contribution in [-0.4, -0.2) is 45.9 Å². The van der Waals surface area contributed by atoms with Crippen molar-refractivity contribution in [1.82, 2.24) is 14.5 Å². The molecule has 0 radical (unpaired) electrons. The predicted octanol–water partition coefficient (Wildman–Crippen LogP) is 2.10. The van der Waals surface area contributed by atoms with Gasteiger partial charge >= 0.3 is 5.97 Å². The van der Waals surface area contributed by atoms with Crippen molar-refractivity contribution in [2.75, 3.05) is 21.3 Å². The van der Waals surface area contributed by atoms with E-state index in [1.165, 1.54) is 7.11 Å². The molecule has 0 aliphatic heterocycles. The number of methoxy groups -OCH3 is 2. The molecule has 0 amide bonds. The molecule has 0 fully saturated rings. The van der Waals surface area contributed by atoms with Crippen molar-refractivity contribution >= 4 is 28.3 Å². The number of rotatable bonds is 6. The van der Waals surface area contributed by atoms with E-state index in [2.05, 4.69) is 14.9 Å². The summed E-state index contributed by atoms with van der Waals surface area (Å²) < 4.78 is 24.3. The van der Waals surface area contributed by atoms with E-state index in [-0.39, 0.29) is 5.01 Å². The van der Waals surface area contributed by atoms with E-state index >= 15 is 0 Å². The normalized spacial score (nSPS) is 12.2. The van der Waals surface area contributed by atoms with E-state index < -0.39 is 17.0 Å². The number of esters is 1. The van der Waals surface area contributed by atoms with Gasteiger partial charge in [-0.15, -0.1) is 10.2 Å². The van der Waals surface area contributed by atoms with Gasteiger partial charge in [0.2, 0.25) is 5.01 Å². The fourth-order valence-electron chi connectivity index (χ4n) is 2.20. The second-order valence-corrected chi connectivity index (χ2v) is 7.71. The van der Waals surface area contributed by atoms with Crippen LogP contribution < -0.4 is 4.74 Å². The quantitative estimate of drug-likeness (QED) is 0.726. The Morgan fingerprint density at radius 1 is 1.25 bits per heavy atom. The zero-order chi connectivity index (χ0) is 17.9. The first-order valence-corrected chi connectivity index (χ1v) is 8.98. The fourth-order valence-corrected chi connectivity index (χ4v) is 4.31. The lowest BCUT2D eigenvalue weighted by Gasteiger charge is -2.18. The molecule has 1 aromatic heterocycles. The molecule has 0 aliphatic carbocycles. The van der Waals surface area contributed by atoms with Gasteiger partial charge in [-0.25, -0.2) is 13.3 Å². The summed E-state index contributed by atoms with van der Waals surface area (Å²) in [5.74, 6) is 0.213. The highest BCUT2D eigenvalue weighted by molar-refractivity contribution is 7.82. The predicted molar refractivity (Wildman–Crippen MR) is 91.6 cm³/mol. The molecule has 2 aromatic rings. The number of nitrogens with zero attached hydrogens (tertiary/aromatic N) is 3. The summed E-state index contributed by atoms with van der Waals surface area (Å²) in [7, 11) is 3.26. The number of carbonyl (C=O) groups is 1. The average Bonchev–Trinajstić information content (AvgIpc) is 3.01. The van der Waals surface area contributed by atoms with E-state index in [4.69, 9.17) is 4.74 Å². The summed E-state index contributed by atoms with van der Waals surface area (Å²) in [6.07, 6.45) is 0. The number of carbonyl (C=O) groups excluding carboxylic acids is 1. The maximum Gasteiger partial charge on any atom is 0.369 e. The molecule has 0 bridgehead atoms. The summed E-state index contributed by atoms with van der Waals surface area (Å²) in [6, 6.07) is 3.71. The van der Waals surface area contributed by atoms with Crippen molar-refractivity contribution in [2.45, 2.75) is 25.3 Å². The van der Waals surface area contributed by atoms with E-state index in [1.807, 2.05) is 26.0 Å².